The van der Waals surface area contributed by atoms with Crippen molar-refractivity contribution in [1.29, 1.82) is 0 Å². The number of benzene rings is 1. The average Bonchev–Trinajstić information content (AvgIpc) is 2.38. The standard InChI is InChI=1S/C15H18N2O2/c1-3-19-15(18)13(16)9-11-8-10(2)17-14-7-5-4-6-12(11)14/h4-8,13H,3,9,16H2,1-2H3/t13-/m0/s1. The van der Waals surface area contributed by atoms with Crippen molar-refractivity contribution in [2.75, 3.05) is 6.61 Å². The van der Waals surface area contributed by atoms with Gasteiger partial charge in [-0.15, -0.1) is 0 Å². The quantitative estimate of drug-likeness (QED) is 0.852. The van der Waals surface area contributed by atoms with Crippen molar-refractivity contribution < 1.29 is 9.53 Å². The lowest BCUT2D eigenvalue weighted by atomic mass is 10.0. The van der Waals surface area contributed by atoms with Gasteiger partial charge in [-0.2, -0.15) is 0 Å². The third-order valence-electron chi connectivity index (χ3n) is 2.96. The zero-order chi connectivity index (χ0) is 13.8. The van der Waals surface area contributed by atoms with E-state index in [0.29, 0.717) is 13.0 Å². The Kier molecular flexibility index (Phi) is 4.12. The molecular weight excluding hydrogens is 240 g/mol. The van der Waals surface area contributed by atoms with E-state index in [1.165, 1.54) is 0 Å². The highest BCUT2D eigenvalue weighted by atomic mass is 16.5. The van der Waals surface area contributed by atoms with Crippen LogP contribution < -0.4 is 5.73 Å². The first-order valence-corrected chi connectivity index (χ1v) is 6.39. The van der Waals surface area contributed by atoms with Gasteiger partial charge in [0.1, 0.15) is 6.04 Å². The summed E-state index contributed by atoms with van der Waals surface area (Å²) < 4.78 is 4.94. The van der Waals surface area contributed by atoms with Gasteiger partial charge in [0.15, 0.2) is 0 Å². The molecule has 0 saturated carbocycles. The van der Waals surface area contributed by atoms with Gasteiger partial charge in [0.2, 0.25) is 0 Å². The zero-order valence-electron chi connectivity index (χ0n) is 11.2. The number of esters is 1. The van der Waals surface area contributed by atoms with Gasteiger partial charge in [-0.05, 0) is 38.0 Å². The highest BCUT2D eigenvalue weighted by Crippen LogP contribution is 2.19. The Balaban J connectivity index is 2.32. The third-order valence-corrected chi connectivity index (χ3v) is 2.96. The van der Waals surface area contributed by atoms with Gasteiger partial charge in [-0.1, -0.05) is 18.2 Å². The van der Waals surface area contributed by atoms with E-state index in [2.05, 4.69) is 4.98 Å². The molecule has 2 rings (SSSR count). The first kappa shape index (κ1) is 13.5. The molecule has 0 spiro atoms. The minimum absolute atomic E-state index is 0.350. The molecule has 4 nitrogen and oxygen atoms in total. The number of rotatable bonds is 4. The Morgan fingerprint density at radius 1 is 1.42 bits per heavy atom. The van der Waals surface area contributed by atoms with Crippen LogP contribution in [0.4, 0.5) is 0 Å². The normalized spacial score (nSPS) is 12.4. The van der Waals surface area contributed by atoms with E-state index in [0.717, 1.165) is 22.2 Å². The lowest BCUT2D eigenvalue weighted by Crippen LogP contribution is -2.34. The van der Waals surface area contributed by atoms with Gasteiger partial charge in [0.25, 0.3) is 0 Å². The molecule has 1 aromatic heterocycles. The SMILES string of the molecule is CCOC(=O)[C@@H](N)Cc1cc(C)nc2ccccc12. The van der Waals surface area contributed by atoms with Crippen molar-refractivity contribution in [3.05, 3.63) is 41.6 Å². The minimum atomic E-state index is -0.634. The maximum Gasteiger partial charge on any atom is 0.323 e. The van der Waals surface area contributed by atoms with Crippen LogP contribution in [0.5, 0.6) is 0 Å². The summed E-state index contributed by atoms with van der Waals surface area (Å²) in [6.45, 7) is 4.06. The molecule has 0 aliphatic heterocycles. The van der Waals surface area contributed by atoms with Crippen LogP contribution in [0.2, 0.25) is 0 Å². The van der Waals surface area contributed by atoms with E-state index in [1.54, 1.807) is 6.92 Å². The molecule has 0 aliphatic rings. The number of nitrogens with zero attached hydrogens (tertiary/aromatic N) is 1. The fourth-order valence-electron chi connectivity index (χ4n) is 2.13. The van der Waals surface area contributed by atoms with Crippen molar-refractivity contribution in [3.63, 3.8) is 0 Å². The molecule has 1 atom stereocenters. The molecule has 2 N–H and O–H groups in total. The highest BCUT2D eigenvalue weighted by molar-refractivity contribution is 5.84. The number of para-hydroxylation sites is 1. The largest absolute Gasteiger partial charge is 0.465 e. The fourth-order valence-corrected chi connectivity index (χ4v) is 2.13. The number of pyridine rings is 1. The molecule has 0 bridgehead atoms. The van der Waals surface area contributed by atoms with Gasteiger partial charge in [0.05, 0.1) is 12.1 Å². The van der Waals surface area contributed by atoms with E-state index in [1.807, 2.05) is 37.3 Å². The molecule has 0 fully saturated rings. The first-order chi connectivity index (χ1) is 9.11. The number of carbonyl (C=O) groups excluding carboxylic acids is 1. The highest BCUT2D eigenvalue weighted by Gasteiger charge is 2.16. The maximum atomic E-state index is 11.6. The average molecular weight is 258 g/mol. The maximum absolute atomic E-state index is 11.6. The number of hydrogen-bond acceptors (Lipinski definition) is 4. The van der Waals surface area contributed by atoms with Crippen LogP contribution in [0.25, 0.3) is 10.9 Å². The van der Waals surface area contributed by atoms with Crippen molar-refractivity contribution in [2.45, 2.75) is 26.3 Å². The number of aryl methyl sites for hydroxylation is 1. The second-order valence-corrected chi connectivity index (χ2v) is 4.50. The van der Waals surface area contributed by atoms with Crippen molar-refractivity contribution >= 4 is 16.9 Å². The molecule has 4 heteroatoms. The van der Waals surface area contributed by atoms with Gasteiger partial charge >= 0.3 is 5.97 Å². The van der Waals surface area contributed by atoms with Gasteiger partial charge in [-0.3, -0.25) is 9.78 Å². The summed E-state index contributed by atoms with van der Waals surface area (Å²) in [6, 6.07) is 9.20. The lowest BCUT2D eigenvalue weighted by Gasteiger charge is -2.13. The van der Waals surface area contributed by atoms with Crippen molar-refractivity contribution in [2.24, 2.45) is 5.73 Å². The summed E-state index contributed by atoms with van der Waals surface area (Å²) >= 11 is 0. The molecule has 0 unspecified atom stereocenters. The number of fused-ring (bicyclic) bond motifs is 1. The van der Waals surface area contributed by atoms with E-state index in [4.69, 9.17) is 10.5 Å². The van der Waals surface area contributed by atoms with Gasteiger partial charge in [0, 0.05) is 11.1 Å². The Morgan fingerprint density at radius 2 is 2.16 bits per heavy atom. The predicted octanol–water partition coefficient (Wildman–Crippen LogP) is 1.98. The number of aromatic nitrogens is 1. The summed E-state index contributed by atoms with van der Waals surface area (Å²) in [7, 11) is 0. The summed E-state index contributed by atoms with van der Waals surface area (Å²) in [5.41, 5.74) is 8.76. The number of carbonyl (C=O) groups is 1. The molecule has 0 aliphatic carbocycles. The van der Waals surface area contributed by atoms with Crippen LogP contribution in [-0.4, -0.2) is 23.6 Å². The monoisotopic (exact) mass is 258 g/mol. The summed E-state index contributed by atoms with van der Waals surface area (Å²) in [5, 5.41) is 1.04. The fraction of sp³-hybridized carbons (Fsp3) is 0.333. The Morgan fingerprint density at radius 3 is 2.89 bits per heavy atom. The molecule has 100 valence electrons. The molecular formula is C15H18N2O2. The molecule has 0 saturated heterocycles. The number of ether oxygens (including phenoxy) is 1. The van der Waals surface area contributed by atoms with Crippen LogP contribution in [-0.2, 0) is 16.0 Å². The van der Waals surface area contributed by atoms with E-state index in [-0.39, 0.29) is 5.97 Å². The van der Waals surface area contributed by atoms with E-state index < -0.39 is 6.04 Å². The van der Waals surface area contributed by atoms with Crippen molar-refractivity contribution in [3.8, 4) is 0 Å². The van der Waals surface area contributed by atoms with Crippen LogP contribution in [0.15, 0.2) is 30.3 Å². The summed E-state index contributed by atoms with van der Waals surface area (Å²) in [4.78, 5) is 16.1. The van der Waals surface area contributed by atoms with E-state index >= 15 is 0 Å². The molecule has 2 aromatic rings. The zero-order valence-corrected chi connectivity index (χ0v) is 11.2. The van der Waals surface area contributed by atoms with Crippen LogP contribution in [0.1, 0.15) is 18.2 Å². The topological polar surface area (TPSA) is 65.2 Å². The van der Waals surface area contributed by atoms with E-state index in [9.17, 15) is 4.79 Å². The molecule has 0 radical (unpaired) electrons. The van der Waals surface area contributed by atoms with Crippen molar-refractivity contribution in [1.82, 2.24) is 4.98 Å². The third kappa shape index (κ3) is 3.09. The number of hydrogen-bond donors (Lipinski definition) is 1. The molecule has 0 amide bonds. The Hall–Kier alpha value is -1.94. The van der Waals surface area contributed by atoms with Crippen LogP contribution in [0, 0.1) is 6.92 Å². The summed E-state index contributed by atoms with van der Waals surface area (Å²) in [5.74, 6) is -0.360. The van der Waals surface area contributed by atoms with Gasteiger partial charge in [-0.25, -0.2) is 0 Å². The van der Waals surface area contributed by atoms with Crippen LogP contribution >= 0.6 is 0 Å². The Bertz CT molecular complexity index is 596. The van der Waals surface area contributed by atoms with Crippen LogP contribution in [0.3, 0.4) is 0 Å². The predicted molar refractivity (Wildman–Crippen MR) is 74.8 cm³/mol. The Labute approximate surface area is 112 Å². The molecule has 19 heavy (non-hydrogen) atoms. The number of nitrogens with two attached hydrogens (primary N) is 1. The minimum Gasteiger partial charge on any atom is -0.465 e. The second kappa shape index (κ2) is 5.80. The van der Waals surface area contributed by atoms with Gasteiger partial charge < -0.3 is 10.5 Å². The smallest absolute Gasteiger partial charge is 0.323 e. The molecule has 1 heterocycles. The first-order valence-electron chi connectivity index (χ1n) is 6.39. The molecule has 1 aromatic carbocycles. The second-order valence-electron chi connectivity index (χ2n) is 4.50. The summed E-state index contributed by atoms with van der Waals surface area (Å²) in [6.07, 6.45) is 0.461. The lowest BCUT2D eigenvalue weighted by molar-refractivity contribution is -0.144.